The summed E-state index contributed by atoms with van der Waals surface area (Å²) in [6, 6.07) is 3.44. The smallest absolute Gasteiger partial charge is 0.312 e. The van der Waals surface area contributed by atoms with E-state index in [1.807, 2.05) is 0 Å². The Kier molecular flexibility index (Phi) is 2.83. The topological polar surface area (TPSA) is 81.0 Å². The quantitative estimate of drug-likeness (QED) is 0.490. The number of terminal acetylenes is 1. The number of rotatable bonds is 3. The summed E-state index contributed by atoms with van der Waals surface area (Å²) in [6.45, 7) is 0.191. The second-order valence-electron chi connectivity index (χ2n) is 3.20. The predicted octanol–water partition coefficient (Wildman–Crippen LogP) is 1.58. The van der Waals surface area contributed by atoms with Gasteiger partial charge in [-0.05, 0) is 12.1 Å². The van der Waals surface area contributed by atoms with E-state index >= 15 is 0 Å². The van der Waals surface area contributed by atoms with Gasteiger partial charge in [-0.2, -0.15) is 0 Å². The fourth-order valence-electron chi connectivity index (χ4n) is 1.46. The third-order valence-corrected chi connectivity index (χ3v) is 2.17. The molecule has 84 valence electrons. The molecule has 0 aliphatic rings. The summed E-state index contributed by atoms with van der Waals surface area (Å²) < 4.78 is 0. The Labute approximate surface area is 96.8 Å². The molecule has 6 nitrogen and oxygen atoms in total. The van der Waals surface area contributed by atoms with Crippen LogP contribution < -0.4 is 5.32 Å². The van der Waals surface area contributed by atoms with Crippen molar-refractivity contribution >= 4 is 22.4 Å². The molecule has 0 bridgehead atoms. The van der Waals surface area contributed by atoms with Gasteiger partial charge >= 0.3 is 5.69 Å². The van der Waals surface area contributed by atoms with Crippen molar-refractivity contribution in [3.05, 3.63) is 34.6 Å². The van der Waals surface area contributed by atoms with Crippen molar-refractivity contribution in [3.63, 3.8) is 0 Å². The lowest BCUT2D eigenvalue weighted by Crippen LogP contribution is -2.04. The Bertz CT molecular complexity index is 618. The van der Waals surface area contributed by atoms with Gasteiger partial charge < -0.3 is 5.32 Å². The fourth-order valence-corrected chi connectivity index (χ4v) is 1.46. The number of hydrogen-bond acceptors (Lipinski definition) is 5. The van der Waals surface area contributed by atoms with E-state index in [1.165, 1.54) is 6.20 Å². The van der Waals surface area contributed by atoms with E-state index in [0.29, 0.717) is 16.7 Å². The van der Waals surface area contributed by atoms with Crippen molar-refractivity contribution in [3.8, 4) is 12.3 Å². The van der Waals surface area contributed by atoms with Crippen LogP contribution >= 0.6 is 0 Å². The molecule has 2 aromatic rings. The highest BCUT2D eigenvalue weighted by Crippen LogP contribution is 2.29. The van der Waals surface area contributed by atoms with Crippen molar-refractivity contribution in [2.45, 2.75) is 0 Å². The van der Waals surface area contributed by atoms with Crippen LogP contribution in [0.25, 0.3) is 11.0 Å². The normalized spacial score (nSPS) is 9.82. The maximum Gasteiger partial charge on any atom is 0.312 e. The van der Waals surface area contributed by atoms with Crippen LogP contribution in [0.2, 0.25) is 0 Å². The van der Waals surface area contributed by atoms with E-state index in [2.05, 4.69) is 21.2 Å². The lowest BCUT2D eigenvalue weighted by Gasteiger charge is -2.06. The highest BCUT2D eigenvalue weighted by Gasteiger charge is 2.18. The van der Waals surface area contributed by atoms with E-state index in [-0.39, 0.29) is 12.2 Å². The number of anilines is 1. The summed E-state index contributed by atoms with van der Waals surface area (Å²) in [5.74, 6) is 2.37. The largest absolute Gasteiger partial charge is 0.367 e. The zero-order valence-electron chi connectivity index (χ0n) is 8.75. The van der Waals surface area contributed by atoms with Gasteiger partial charge in [-0.25, -0.2) is 4.98 Å². The Balaban J connectivity index is 2.66. The van der Waals surface area contributed by atoms with Gasteiger partial charge in [0.15, 0.2) is 0 Å². The zero-order chi connectivity index (χ0) is 12.3. The van der Waals surface area contributed by atoms with E-state index in [9.17, 15) is 10.1 Å². The number of fused-ring (bicyclic) bond motifs is 1. The SMILES string of the molecule is C#CCNc1c([N+](=O)[O-])cnc2cccnc12. The number of pyridine rings is 2. The highest BCUT2D eigenvalue weighted by atomic mass is 16.6. The molecule has 1 N–H and O–H groups in total. The van der Waals surface area contributed by atoms with E-state index in [1.54, 1.807) is 18.3 Å². The van der Waals surface area contributed by atoms with E-state index < -0.39 is 4.92 Å². The standard InChI is InChI=1S/C11H8N4O2/c1-2-5-12-11-9(15(16)17)7-14-8-4-3-6-13-10(8)11/h1,3-4,6-7H,5H2,(H,12,14). The molecule has 17 heavy (non-hydrogen) atoms. The van der Waals surface area contributed by atoms with Gasteiger partial charge in [0.25, 0.3) is 0 Å². The molecule has 0 amide bonds. The van der Waals surface area contributed by atoms with Gasteiger partial charge in [-0.15, -0.1) is 6.42 Å². The molecule has 0 aliphatic heterocycles. The number of hydrogen-bond donors (Lipinski definition) is 1. The molecule has 6 heteroatoms. The number of nitrogens with one attached hydrogen (secondary N) is 1. The van der Waals surface area contributed by atoms with Crippen LogP contribution in [0.1, 0.15) is 0 Å². The summed E-state index contributed by atoms with van der Waals surface area (Å²) in [5.41, 5.74) is 1.19. The average Bonchev–Trinajstić information content (AvgIpc) is 2.35. The minimum absolute atomic E-state index is 0.133. The van der Waals surface area contributed by atoms with Crippen molar-refractivity contribution < 1.29 is 4.92 Å². The van der Waals surface area contributed by atoms with Gasteiger partial charge in [-0.1, -0.05) is 5.92 Å². The van der Waals surface area contributed by atoms with Crippen molar-refractivity contribution in [2.24, 2.45) is 0 Å². The monoisotopic (exact) mass is 228 g/mol. The van der Waals surface area contributed by atoms with E-state index in [4.69, 9.17) is 6.42 Å². The molecule has 0 saturated carbocycles. The lowest BCUT2D eigenvalue weighted by molar-refractivity contribution is -0.384. The van der Waals surface area contributed by atoms with E-state index in [0.717, 1.165) is 0 Å². The molecule has 0 aliphatic carbocycles. The number of nitro groups is 1. The average molecular weight is 228 g/mol. The second-order valence-corrected chi connectivity index (χ2v) is 3.20. The highest BCUT2D eigenvalue weighted by molar-refractivity contribution is 5.92. The third kappa shape index (κ3) is 1.99. The molecular formula is C11H8N4O2. The molecular weight excluding hydrogens is 220 g/mol. The molecule has 0 aromatic carbocycles. The van der Waals surface area contributed by atoms with Crippen molar-refractivity contribution in [1.82, 2.24) is 9.97 Å². The second kappa shape index (κ2) is 4.45. The van der Waals surface area contributed by atoms with Gasteiger partial charge in [0, 0.05) is 6.20 Å². The molecule has 0 radical (unpaired) electrons. The third-order valence-electron chi connectivity index (χ3n) is 2.17. The minimum atomic E-state index is -0.514. The van der Waals surface area contributed by atoms with Gasteiger partial charge in [-0.3, -0.25) is 15.1 Å². The first-order valence-corrected chi connectivity index (χ1v) is 4.79. The van der Waals surface area contributed by atoms with Crippen LogP contribution in [0.5, 0.6) is 0 Å². The first-order valence-electron chi connectivity index (χ1n) is 4.79. The summed E-state index contributed by atoms with van der Waals surface area (Å²) in [4.78, 5) is 18.4. The molecule has 2 aromatic heterocycles. The number of nitrogens with zero attached hydrogens (tertiary/aromatic N) is 3. The summed E-state index contributed by atoms with van der Waals surface area (Å²) in [7, 11) is 0. The molecule has 0 saturated heterocycles. The molecule has 2 heterocycles. The first-order chi connectivity index (χ1) is 8.24. The lowest BCUT2D eigenvalue weighted by atomic mass is 10.2. The number of aromatic nitrogens is 2. The van der Waals surface area contributed by atoms with Crippen molar-refractivity contribution in [2.75, 3.05) is 11.9 Å². The Morgan fingerprint density at radius 3 is 3.06 bits per heavy atom. The molecule has 0 unspecified atom stereocenters. The van der Waals surface area contributed by atoms with Crippen LogP contribution in [0.3, 0.4) is 0 Å². The summed E-state index contributed by atoms with van der Waals surface area (Å²) >= 11 is 0. The maximum atomic E-state index is 10.9. The Morgan fingerprint density at radius 2 is 2.35 bits per heavy atom. The minimum Gasteiger partial charge on any atom is -0.367 e. The zero-order valence-corrected chi connectivity index (χ0v) is 8.75. The molecule has 2 rings (SSSR count). The van der Waals surface area contributed by atoms with Crippen LogP contribution in [0.15, 0.2) is 24.5 Å². The van der Waals surface area contributed by atoms with Crippen molar-refractivity contribution in [1.29, 1.82) is 0 Å². The van der Waals surface area contributed by atoms with Crippen LogP contribution in [0, 0.1) is 22.5 Å². The van der Waals surface area contributed by atoms with Crippen LogP contribution in [-0.4, -0.2) is 21.4 Å². The summed E-state index contributed by atoms with van der Waals surface area (Å²) in [5, 5.41) is 13.7. The molecule has 0 fully saturated rings. The first kappa shape index (κ1) is 10.8. The molecule has 0 spiro atoms. The summed E-state index contributed by atoms with van der Waals surface area (Å²) in [6.07, 6.45) is 7.88. The Morgan fingerprint density at radius 1 is 1.53 bits per heavy atom. The van der Waals surface area contributed by atoms with Crippen LogP contribution in [-0.2, 0) is 0 Å². The van der Waals surface area contributed by atoms with Crippen LogP contribution in [0.4, 0.5) is 11.4 Å². The van der Waals surface area contributed by atoms with Gasteiger partial charge in [0.1, 0.15) is 17.4 Å². The maximum absolute atomic E-state index is 10.9. The fraction of sp³-hybridized carbons (Fsp3) is 0.0909. The Hall–Kier alpha value is -2.68. The van der Waals surface area contributed by atoms with Gasteiger partial charge in [0.05, 0.1) is 17.0 Å². The van der Waals surface area contributed by atoms with Gasteiger partial charge in [0.2, 0.25) is 0 Å². The molecule has 0 atom stereocenters. The predicted molar refractivity (Wildman–Crippen MR) is 63.5 cm³/mol.